The topological polar surface area (TPSA) is 96.0 Å². The van der Waals surface area contributed by atoms with Gasteiger partial charge in [-0.05, 0) is 58.2 Å². The Kier molecular flexibility index (Phi) is 10.5. The van der Waals surface area contributed by atoms with Gasteiger partial charge in [-0.2, -0.15) is 0 Å². The Morgan fingerprint density at radius 1 is 1.05 bits per heavy atom. The van der Waals surface area contributed by atoms with Crippen molar-refractivity contribution in [2.75, 3.05) is 24.2 Å². The van der Waals surface area contributed by atoms with Gasteiger partial charge in [0.15, 0.2) is 0 Å². The number of hydrogen-bond donors (Lipinski definition) is 1. The molecule has 37 heavy (non-hydrogen) atoms. The average Bonchev–Trinajstić information content (AvgIpc) is 2.81. The summed E-state index contributed by atoms with van der Waals surface area (Å²) in [6.45, 7) is 9.99. The summed E-state index contributed by atoms with van der Waals surface area (Å²) < 4.78 is 31.8. The van der Waals surface area contributed by atoms with Gasteiger partial charge >= 0.3 is 0 Å². The van der Waals surface area contributed by atoms with E-state index in [2.05, 4.69) is 5.32 Å². The third-order valence-corrected chi connectivity index (χ3v) is 7.04. The molecule has 1 unspecified atom stereocenters. The highest BCUT2D eigenvalue weighted by atomic mass is 32.2. The first kappa shape index (κ1) is 30.2. The van der Waals surface area contributed by atoms with Crippen LogP contribution in [-0.2, 0) is 26.2 Å². The van der Waals surface area contributed by atoms with Gasteiger partial charge in [-0.3, -0.25) is 13.9 Å². The predicted molar refractivity (Wildman–Crippen MR) is 148 cm³/mol. The molecule has 9 heteroatoms. The van der Waals surface area contributed by atoms with Crippen molar-refractivity contribution in [3.8, 4) is 5.75 Å². The minimum atomic E-state index is -3.61. The Balaban J connectivity index is 2.26. The first-order chi connectivity index (χ1) is 17.3. The molecular weight excluding hydrogens is 490 g/mol. The lowest BCUT2D eigenvalue weighted by Crippen LogP contribution is -2.53. The predicted octanol–water partition coefficient (Wildman–Crippen LogP) is 4.27. The molecule has 2 aromatic carbocycles. The van der Waals surface area contributed by atoms with E-state index in [-0.39, 0.29) is 37.7 Å². The number of anilines is 1. The van der Waals surface area contributed by atoms with Gasteiger partial charge < -0.3 is 15.0 Å². The second-order valence-electron chi connectivity index (χ2n) is 10.3. The van der Waals surface area contributed by atoms with Crippen molar-refractivity contribution in [1.82, 2.24) is 10.2 Å². The Morgan fingerprint density at radius 2 is 1.68 bits per heavy atom. The second-order valence-corrected chi connectivity index (χ2v) is 12.2. The number of hydrogen-bond acceptors (Lipinski definition) is 5. The van der Waals surface area contributed by atoms with Crippen LogP contribution in [-0.4, -0.2) is 56.6 Å². The molecule has 1 N–H and O–H groups in total. The van der Waals surface area contributed by atoms with Crippen molar-refractivity contribution in [2.24, 2.45) is 0 Å². The van der Waals surface area contributed by atoms with Crippen molar-refractivity contribution in [1.29, 1.82) is 0 Å². The number of nitrogens with one attached hydrogen (secondary N) is 1. The Morgan fingerprint density at radius 3 is 2.22 bits per heavy atom. The highest BCUT2D eigenvalue weighted by Crippen LogP contribution is 2.30. The molecule has 8 nitrogen and oxygen atoms in total. The van der Waals surface area contributed by atoms with Crippen molar-refractivity contribution >= 4 is 27.5 Å². The number of para-hydroxylation sites is 2. The summed E-state index contributed by atoms with van der Waals surface area (Å²) in [5, 5.41) is 2.99. The maximum absolute atomic E-state index is 13.5. The molecule has 0 saturated carbocycles. The highest BCUT2D eigenvalue weighted by Gasteiger charge is 2.31. The average molecular weight is 532 g/mol. The molecular formula is C28H41N3O5S. The van der Waals surface area contributed by atoms with Crippen LogP contribution < -0.4 is 14.4 Å². The van der Waals surface area contributed by atoms with E-state index < -0.39 is 21.6 Å². The summed E-state index contributed by atoms with van der Waals surface area (Å²) in [5.41, 5.74) is 2.02. The van der Waals surface area contributed by atoms with Crippen molar-refractivity contribution in [3.05, 3.63) is 59.7 Å². The zero-order valence-electron chi connectivity index (χ0n) is 23.1. The van der Waals surface area contributed by atoms with Gasteiger partial charge in [0.1, 0.15) is 11.8 Å². The number of methoxy groups -OCH3 is 1. The minimum Gasteiger partial charge on any atom is -0.495 e. The molecule has 0 bridgehead atoms. The summed E-state index contributed by atoms with van der Waals surface area (Å²) in [5.74, 6) is 0.0253. The van der Waals surface area contributed by atoms with Gasteiger partial charge in [0, 0.05) is 25.0 Å². The Bertz CT molecular complexity index is 1160. The number of rotatable bonds is 12. The highest BCUT2D eigenvalue weighted by molar-refractivity contribution is 7.92. The monoisotopic (exact) mass is 531 g/mol. The number of amides is 2. The summed E-state index contributed by atoms with van der Waals surface area (Å²) in [7, 11) is -2.13. The van der Waals surface area contributed by atoms with E-state index in [0.717, 1.165) is 17.4 Å². The molecule has 0 aliphatic rings. The van der Waals surface area contributed by atoms with Crippen LogP contribution in [0.3, 0.4) is 0 Å². The second kappa shape index (κ2) is 12.9. The van der Waals surface area contributed by atoms with Crippen molar-refractivity contribution in [3.63, 3.8) is 0 Å². The summed E-state index contributed by atoms with van der Waals surface area (Å²) in [6, 6.07) is 14.1. The number of ether oxygens (including phenoxy) is 1. The fraction of sp³-hybridized carbons (Fsp3) is 0.500. The largest absolute Gasteiger partial charge is 0.495 e. The molecule has 0 fully saturated rings. The van der Waals surface area contributed by atoms with Crippen LogP contribution in [0.2, 0.25) is 0 Å². The third kappa shape index (κ3) is 9.07. The number of benzene rings is 2. The van der Waals surface area contributed by atoms with E-state index in [4.69, 9.17) is 4.74 Å². The van der Waals surface area contributed by atoms with E-state index in [9.17, 15) is 18.0 Å². The fourth-order valence-corrected chi connectivity index (χ4v) is 5.05. The summed E-state index contributed by atoms with van der Waals surface area (Å²) in [6.07, 6.45) is 1.96. The van der Waals surface area contributed by atoms with E-state index in [1.807, 2.05) is 58.9 Å². The van der Waals surface area contributed by atoms with Gasteiger partial charge in [0.25, 0.3) is 0 Å². The van der Waals surface area contributed by atoms with Crippen molar-refractivity contribution in [2.45, 2.75) is 72.0 Å². The molecule has 0 aliphatic carbocycles. The Labute approximate surface area is 222 Å². The number of aryl methyl sites for hydroxylation is 1. The van der Waals surface area contributed by atoms with Gasteiger partial charge in [0.2, 0.25) is 21.8 Å². The molecule has 204 valence electrons. The quantitative estimate of drug-likeness (QED) is 0.441. The SMILES string of the molecule is CCC(C(=O)NC(C)(C)C)N(Cc1ccc(C)cc1)C(=O)CCCN(c1ccccc1OC)S(C)(=O)=O. The van der Waals surface area contributed by atoms with Crippen LogP contribution >= 0.6 is 0 Å². The van der Waals surface area contributed by atoms with E-state index in [1.54, 1.807) is 29.2 Å². The first-order valence-electron chi connectivity index (χ1n) is 12.5. The molecule has 2 aromatic rings. The number of carbonyl (C=O) groups is 2. The molecule has 0 saturated heterocycles. The van der Waals surface area contributed by atoms with Gasteiger partial charge in [-0.1, -0.05) is 48.9 Å². The van der Waals surface area contributed by atoms with Gasteiger partial charge in [0.05, 0.1) is 19.1 Å². The van der Waals surface area contributed by atoms with Gasteiger partial charge in [-0.25, -0.2) is 8.42 Å². The maximum atomic E-state index is 13.5. The molecule has 0 aromatic heterocycles. The smallest absolute Gasteiger partial charge is 0.243 e. The lowest BCUT2D eigenvalue weighted by molar-refractivity contribution is -0.142. The van der Waals surface area contributed by atoms with E-state index in [0.29, 0.717) is 17.9 Å². The number of nitrogens with zero attached hydrogens (tertiary/aromatic N) is 2. The lowest BCUT2D eigenvalue weighted by Gasteiger charge is -2.33. The molecule has 1 atom stereocenters. The zero-order valence-corrected chi connectivity index (χ0v) is 23.9. The summed E-state index contributed by atoms with van der Waals surface area (Å²) >= 11 is 0. The Hall–Kier alpha value is -3.07. The summed E-state index contributed by atoms with van der Waals surface area (Å²) in [4.78, 5) is 28.3. The number of sulfonamides is 1. The standard InChI is InChI=1S/C28H41N3O5S/c1-8-23(27(33)29-28(3,4)5)30(20-22-17-15-21(2)16-18-22)26(32)14-11-19-31(37(7,34)35)24-12-9-10-13-25(24)36-6/h9-10,12-13,15-18,23H,8,11,14,19-20H2,1-7H3,(H,29,33). The van der Waals surface area contributed by atoms with Crippen LogP contribution in [0.1, 0.15) is 58.1 Å². The lowest BCUT2D eigenvalue weighted by atomic mass is 10.0. The molecule has 2 amide bonds. The third-order valence-electron chi connectivity index (χ3n) is 5.86. The van der Waals surface area contributed by atoms with Crippen molar-refractivity contribution < 1.29 is 22.7 Å². The molecule has 0 aliphatic heterocycles. The van der Waals surface area contributed by atoms with Crippen LogP contribution in [0.25, 0.3) is 0 Å². The minimum absolute atomic E-state index is 0.0896. The van der Waals surface area contributed by atoms with Crippen LogP contribution in [0.4, 0.5) is 5.69 Å². The molecule has 2 rings (SSSR count). The first-order valence-corrected chi connectivity index (χ1v) is 14.4. The molecule has 0 spiro atoms. The van der Waals surface area contributed by atoms with Gasteiger partial charge in [-0.15, -0.1) is 0 Å². The fourth-order valence-electron chi connectivity index (χ4n) is 4.08. The zero-order chi connectivity index (χ0) is 27.8. The maximum Gasteiger partial charge on any atom is 0.243 e. The normalized spacial score (nSPS) is 12.5. The van der Waals surface area contributed by atoms with Crippen LogP contribution in [0.5, 0.6) is 5.75 Å². The van der Waals surface area contributed by atoms with E-state index in [1.165, 1.54) is 11.4 Å². The van der Waals surface area contributed by atoms with Crippen LogP contribution in [0, 0.1) is 6.92 Å². The van der Waals surface area contributed by atoms with E-state index >= 15 is 0 Å². The number of carbonyl (C=O) groups excluding carboxylic acids is 2. The molecule has 0 heterocycles. The van der Waals surface area contributed by atoms with Crippen LogP contribution in [0.15, 0.2) is 48.5 Å². The molecule has 0 radical (unpaired) electrons.